The minimum atomic E-state index is -0.484. The van der Waals surface area contributed by atoms with Gasteiger partial charge in [0.15, 0.2) is 0 Å². The number of amides is 2. The van der Waals surface area contributed by atoms with Crippen molar-refractivity contribution in [3.63, 3.8) is 0 Å². The van der Waals surface area contributed by atoms with Crippen LogP contribution in [0.25, 0.3) is 0 Å². The van der Waals surface area contributed by atoms with Gasteiger partial charge in [0.1, 0.15) is 12.2 Å². The number of hydrogen-bond donors (Lipinski definition) is 1. The number of ether oxygens (including phenoxy) is 2. The van der Waals surface area contributed by atoms with Gasteiger partial charge in [-0.2, -0.15) is 0 Å². The van der Waals surface area contributed by atoms with Gasteiger partial charge in [0.05, 0.1) is 0 Å². The first-order chi connectivity index (χ1) is 11.3. The van der Waals surface area contributed by atoms with E-state index in [1.54, 1.807) is 4.90 Å². The number of nitrogens with one attached hydrogen (secondary N) is 1. The predicted octanol–water partition coefficient (Wildman–Crippen LogP) is 2.92. The Morgan fingerprint density at radius 3 is 2.54 bits per heavy atom. The molecule has 1 saturated heterocycles. The lowest BCUT2D eigenvalue weighted by Crippen LogP contribution is -2.55. The van der Waals surface area contributed by atoms with Crippen molar-refractivity contribution in [1.82, 2.24) is 10.2 Å². The first kappa shape index (κ1) is 16.6. The van der Waals surface area contributed by atoms with Gasteiger partial charge in [0.25, 0.3) is 0 Å². The number of hydrogen-bond acceptors (Lipinski definition) is 4. The van der Waals surface area contributed by atoms with Crippen LogP contribution in [0.3, 0.4) is 0 Å². The third kappa shape index (κ3) is 3.80. The van der Waals surface area contributed by atoms with Crippen LogP contribution in [0.2, 0.25) is 0 Å². The highest BCUT2D eigenvalue weighted by Gasteiger charge is 2.63. The Labute approximate surface area is 142 Å². The Balaban J connectivity index is 1.38. The molecule has 0 aromatic heterocycles. The standard InChI is InChI=1S/C18H24N2O4/c1-17(2,3)24-16(22)20-11-18(12-20)9-14(18)19-15(21)23-10-13-7-5-4-6-8-13/h4-8,14H,9-12H2,1-3H3,(H,19,21)/t14-/m1/s1. The number of likely N-dealkylation sites (tertiary alicyclic amines) is 1. The van der Waals surface area contributed by atoms with Crippen molar-refractivity contribution in [3.05, 3.63) is 35.9 Å². The molecule has 0 radical (unpaired) electrons. The van der Waals surface area contributed by atoms with Crippen molar-refractivity contribution in [1.29, 1.82) is 0 Å². The van der Waals surface area contributed by atoms with Gasteiger partial charge in [0, 0.05) is 24.5 Å². The summed E-state index contributed by atoms with van der Waals surface area (Å²) < 4.78 is 10.6. The molecule has 24 heavy (non-hydrogen) atoms. The topological polar surface area (TPSA) is 67.9 Å². The highest BCUT2D eigenvalue weighted by molar-refractivity contribution is 5.71. The predicted molar refractivity (Wildman–Crippen MR) is 88.4 cm³/mol. The van der Waals surface area contributed by atoms with Gasteiger partial charge < -0.3 is 19.7 Å². The molecule has 1 aliphatic heterocycles. The number of carbonyl (C=O) groups excluding carboxylic acids is 2. The quantitative estimate of drug-likeness (QED) is 0.924. The maximum absolute atomic E-state index is 11.9. The summed E-state index contributed by atoms with van der Waals surface area (Å²) in [4.78, 5) is 25.5. The zero-order valence-electron chi connectivity index (χ0n) is 14.4. The van der Waals surface area contributed by atoms with E-state index in [0.717, 1.165) is 12.0 Å². The summed E-state index contributed by atoms with van der Waals surface area (Å²) in [6, 6.07) is 9.65. The van der Waals surface area contributed by atoms with Crippen LogP contribution in [-0.4, -0.2) is 41.8 Å². The Kier molecular flexibility index (Phi) is 4.15. The normalized spacial score (nSPS) is 21.0. The van der Waals surface area contributed by atoms with E-state index in [1.165, 1.54) is 0 Å². The summed E-state index contributed by atoms with van der Waals surface area (Å²) in [5.74, 6) is 0. The summed E-state index contributed by atoms with van der Waals surface area (Å²) in [7, 11) is 0. The van der Waals surface area contributed by atoms with Crippen LogP contribution in [-0.2, 0) is 16.1 Å². The first-order valence-electron chi connectivity index (χ1n) is 8.23. The fourth-order valence-corrected chi connectivity index (χ4v) is 2.98. The van der Waals surface area contributed by atoms with E-state index in [9.17, 15) is 9.59 Å². The summed E-state index contributed by atoms with van der Waals surface area (Å²) in [5, 5.41) is 2.88. The highest BCUT2D eigenvalue weighted by atomic mass is 16.6. The molecule has 0 unspecified atom stereocenters. The van der Waals surface area contributed by atoms with Crippen molar-refractivity contribution in [2.75, 3.05) is 13.1 Å². The number of benzene rings is 1. The van der Waals surface area contributed by atoms with Gasteiger partial charge in [-0.1, -0.05) is 30.3 Å². The van der Waals surface area contributed by atoms with E-state index < -0.39 is 11.7 Å². The maximum atomic E-state index is 11.9. The Morgan fingerprint density at radius 1 is 1.25 bits per heavy atom. The molecule has 6 nitrogen and oxygen atoms in total. The molecule has 2 amide bonds. The molecule has 1 atom stereocenters. The lowest BCUT2D eigenvalue weighted by molar-refractivity contribution is -0.00777. The van der Waals surface area contributed by atoms with Crippen molar-refractivity contribution in [2.45, 2.75) is 45.4 Å². The van der Waals surface area contributed by atoms with Gasteiger partial charge in [-0.25, -0.2) is 9.59 Å². The second-order valence-corrected chi connectivity index (χ2v) is 7.66. The molecule has 3 rings (SSSR count). The Morgan fingerprint density at radius 2 is 1.92 bits per heavy atom. The minimum Gasteiger partial charge on any atom is -0.445 e. The zero-order valence-corrected chi connectivity index (χ0v) is 14.4. The van der Waals surface area contributed by atoms with Gasteiger partial charge in [-0.15, -0.1) is 0 Å². The molecular formula is C18H24N2O4. The van der Waals surface area contributed by atoms with Gasteiger partial charge in [0.2, 0.25) is 0 Å². The molecule has 2 aliphatic rings. The average Bonchev–Trinajstić information content (AvgIpc) is 3.17. The van der Waals surface area contributed by atoms with Crippen molar-refractivity contribution >= 4 is 12.2 Å². The lowest BCUT2D eigenvalue weighted by atomic mass is 9.96. The van der Waals surface area contributed by atoms with E-state index in [4.69, 9.17) is 9.47 Å². The minimum absolute atomic E-state index is 0.0165. The van der Waals surface area contributed by atoms with Crippen LogP contribution in [0.1, 0.15) is 32.8 Å². The third-order valence-corrected chi connectivity index (χ3v) is 4.36. The largest absolute Gasteiger partial charge is 0.445 e. The molecule has 1 N–H and O–H groups in total. The van der Waals surface area contributed by atoms with Gasteiger partial charge in [-0.3, -0.25) is 0 Å². The van der Waals surface area contributed by atoms with Crippen LogP contribution < -0.4 is 5.32 Å². The van der Waals surface area contributed by atoms with E-state index in [2.05, 4.69) is 5.32 Å². The Bertz CT molecular complexity index is 618. The summed E-state index contributed by atoms with van der Waals surface area (Å²) >= 11 is 0. The molecule has 1 saturated carbocycles. The van der Waals surface area contributed by atoms with Gasteiger partial charge in [-0.05, 0) is 32.8 Å². The maximum Gasteiger partial charge on any atom is 0.410 e. The second kappa shape index (κ2) is 6.00. The van der Waals surface area contributed by atoms with E-state index in [1.807, 2.05) is 51.1 Å². The first-order valence-corrected chi connectivity index (χ1v) is 8.23. The number of alkyl carbamates (subject to hydrolysis) is 1. The van der Waals surface area contributed by atoms with Crippen molar-refractivity contribution < 1.29 is 19.1 Å². The number of carbonyl (C=O) groups is 2. The molecule has 0 bridgehead atoms. The smallest absolute Gasteiger partial charge is 0.410 e. The Hall–Kier alpha value is -2.24. The van der Waals surface area contributed by atoms with E-state index in [-0.39, 0.29) is 24.2 Å². The number of rotatable bonds is 3. The number of nitrogens with zero attached hydrogens (tertiary/aromatic N) is 1. The zero-order chi connectivity index (χ0) is 17.4. The van der Waals surface area contributed by atoms with Crippen LogP contribution in [0.15, 0.2) is 30.3 Å². The molecule has 130 valence electrons. The fourth-order valence-electron chi connectivity index (χ4n) is 2.98. The van der Waals surface area contributed by atoms with E-state index >= 15 is 0 Å². The van der Waals surface area contributed by atoms with E-state index in [0.29, 0.717) is 13.1 Å². The molecule has 1 aromatic carbocycles. The van der Waals surface area contributed by atoms with Crippen molar-refractivity contribution in [3.8, 4) is 0 Å². The lowest BCUT2D eigenvalue weighted by Gasteiger charge is -2.41. The fraction of sp³-hybridized carbons (Fsp3) is 0.556. The van der Waals surface area contributed by atoms with Crippen LogP contribution in [0, 0.1) is 5.41 Å². The molecule has 1 spiro atoms. The van der Waals surface area contributed by atoms with Gasteiger partial charge >= 0.3 is 12.2 Å². The SMILES string of the molecule is CC(C)(C)OC(=O)N1CC2(C[C@H]2NC(=O)OCc2ccccc2)C1. The monoisotopic (exact) mass is 332 g/mol. The molecule has 6 heteroatoms. The van der Waals surface area contributed by atoms with Crippen molar-refractivity contribution in [2.24, 2.45) is 5.41 Å². The van der Waals surface area contributed by atoms with Crippen LogP contribution >= 0.6 is 0 Å². The second-order valence-electron chi connectivity index (χ2n) is 7.66. The van der Waals surface area contributed by atoms with Crippen LogP contribution in [0.5, 0.6) is 0 Å². The molecule has 1 aliphatic carbocycles. The highest BCUT2D eigenvalue weighted by Crippen LogP contribution is 2.53. The summed E-state index contributed by atoms with van der Waals surface area (Å²) in [6.45, 7) is 7.08. The third-order valence-electron chi connectivity index (χ3n) is 4.36. The molecule has 1 aromatic rings. The molecule has 1 heterocycles. The molecule has 2 fully saturated rings. The van der Waals surface area contributed by atoms with Crippen LogP contribution in [0.4, 0.5) is 9.59 Å². The molecular weight excluding hydrogens is 308 g/mol. The summed E-state index contributed by atoms with van der Waals surface area (Å²) in [6.07, 6.45) is 0.189. The summed E-state index contributed by atoms with van der Waals surface area (Å²) in [5.41, 5.74) is 0.489. The average molecular weight is 332 g/mol.